The van der Waals surface area contributed by atoms with E-state index in [0.29, 0.717) is 25.4 Å². The molecule has 0 aliphatic heterocycles. The first-order valence-electron chi connectivity index (χ1n) is 6.23. The van der Waals surface area contributed by atoms with Crippen LogP contribution in [0.5, 0.6) is 0 Å². The zero-order valence-electron chi connectivity index (χ0n) is 10.7. The van der Waals surface area contributed by atoms with E-state index in [2.05, 4.69) is 10.6 Å². The van der Waals surface area contributed by atoms with E-state index in [1.54, 1.807) is 12.1 Å². The molecule has 0 bridgehead atoms. The van der Waals surface area contributed by atoms with Crippen molar-refractivity contribution in [3.8, 4) is 6.07 Å². The van der Waals surface area contributed by atoms with Gasteiger partial charge in [0.05, 0.1) is 6.07 Å². The Morgan fingerprint density at radius 2 is 2.00 bits per heavy atom. The van der Waals surface area contributed by atoms with E-state index in [0.717, 1.165) is 5.57 Å². The number of hydrogen-bond acceptors (Lipinski definition) is 3. The molecule has 1 saturated carbocycles. The minimum absolute atomic E-state index is 0.0669. The lowest BCUT2D eigenvalue weighted by molar-refractivity contribution is -0.120. The largest absolute Gasteiger partial charge is 0.355 e. The molecule has 0 radical (unpaired) electrons. The van der Waals surface area contributed by atoms with Crippen LogP contribution in [0.2, 0.25) is 0 Å². The normalized spacial score (nSPS) is 14.8. The molecule has 0 spiro atoms. The quantitative estimate of drug-likeness (QED) is 0.519. The Morgan fingerprint density at radius 3 is 2.61 bits per heavy atom. The third-order valence-corrected chi connectivity index (χ3v) is 2.79. The summed E-state index contributed by atoms with van der Waals surface area (Å²) < 4.78 is 0. The second kappa shape index (κ2) is 7.49. The van der Waals surface area contributed by atoms with Gasteiger partial charge in [-0.25, -0.2) is 0 Å². The van der Waals surface area contributed by atoms with Crippen LogP contribution in [-0.2, 0) is 9.59 Å². The van der Waals surface area contributed by atoms with Gasteiger partial charge in [0.2, 0.25) is 11.8 Å². The molecule has 2 amide bonds. The van der Waals surface area contributed by atoms with Crippen LogP contribution >= 0.6 is 0 Å². The number of nitriles is 1. The highest BCUT2D eigenvalue weighted by molar-refractivity contribution is 5.88. The topological polar surface area (TPSA) is 82.0 Å². The van der Waals surface area contributed by atoms with E-state index in [1.807, 2.05) is 6.92 Å². The zero-order chi connectivity index (χ0) is 13.4. The Kier molecular flexibility index (Phi) is 5.92. The van der Waals surface area contributed by atoms with Crippen molar-refractivity contribution in [2.24, 2.45) is 5.92 Å². The lowest BCUT2D eigenvalue weighted by Gasteiger charge is -2.04. The minimum atomic E-state index is -0.270. The first kappa shape index (κ1) is 14.2. The molecule has 1 rings (SSSR count). The van der Waals surface area contributed by atoms with Crippen LogP contribution in [0.1, 0.15) is 32.6 Å². The average molecular weight is 249 g/mol. The van der Waals surface area contributed by atoms with E-state index < -0.39 is 0 Å². The summed E-state index contributed by atoms with van der Waals surface area (Å²) in [5, 5.41) is 13.6. The minimum Gasteiger partial charge on any atom is -0.355 e. The summed E-state index contributed by atoms with van der Waals surface area (Å²) in [4.78, 5) is 22.4. The molecule has 0 saturated heterocycles. The zero-order valence-corrected chi connectivity index (χ0v) is 10.7. The van der Waals surface area contributed by atoms with E-state index in [-0.39, 0.29) is 18.2 Å². The summed E-state index contributed by atoms with van der Waals surface area (Å²) in [6.45, 7) is 2.99. The van der Waals surface area contributed by atoms with Gasteiger partial charge in [0.1, 0.15) is 6.42 Å². The Hall–Kier alpha value is -1.83. The lowest BCUT2D eigenvalue weighted by atomic mass is 10.2. The fourth-order valence-electron chi connectivity index (χ4n) is 1.58. The Bertz CT molecular complexity index is 378. The van der Waals surface area contributed by atoms with Gasteiger partial charge in [0, 0.05) is 19.2 Å². The van der Waals surface area contributed by atoms with Crippen molar-refractivity contribution < 1.29 is 9.59 Å². The van der Waals surface area contributed by atoms with E-state index in [1.165, 1.54) is 12.8 Å². The van der Waals surface area contributed by atoms with Crippen LogP contribution in [0, 0.1) is 17.2 Å². The highest BCUT2D eigenvalue weighted by Gasteiger charge is 2.23. The van der Waals surface area contributed by atoms with Crippen LogP contribution < -0.4 is 10.6 Å². The summed E-state index contributed by atoms with van der Waals surface area (Å²) in [6.07, 6.45) is 4.60. The number of rotatable bonds is 7. The van der Waals surface area contributed by atoms with Gasteiger partial charge >= 0.3 is 0 Å². The Balaban J connectivity index is 2.04. The SMILES string of the molecule is C/C(=C\C(=O)NCCCNC(=O)CC#N)C1CC1. The molecule has 0 aromatic rings. The molecule has 0 unspecified atom stereocenters. The van der Waals surface area contributed by atoms with E-state index in [9.17, 15) is 9.59 Å². The number of carbonyl (C=O) groups is 2. The van der Waals surface area contributed by atoms with Gasteiger partial charge in [-0.1, -0.05) is 5.57 Å². The number of hydrogen-bond donors (Lipinski definition) is 2. The lowest BCUT2D eigenvalue weighted by Crippen LogP contribution is -2.28. The number of carbonyl (C=O) groups excluding carboxylic acids is 2. The van der Waals surface area contributed by atoms with Crippen LogP contribution in [-0.4, -0.2) is 24.9 Å². The number of nitrogens with one attached hydrogen (secondary N) is 2. The van der Waals surface area contributed by atoms with Crippen LogP contribution in [0.15, 0.2) is 11.6 Å². The number of allylic oxidation sites excluding steroid dienone is 1. The summed E-state index contributed by atoms with van der Waals surface area (Å²) >= 11 is 0. The summed E-state index contributed by atoms with van der Waals surface area (Å²) in [7, 11) is 0. The maximum atomic E-state index is 11.5. The van der Waals surface area contributed by atoms with Crippen molar-refractivity contribution in [1.82, 2.24) is 10.6 Å². The molecule has 98 valence electrons. The van der Waals surface area contributed by atoms with Crippen LogP contribution in [0.3, 0.4) is 0 Å². The predicted octanol–water partition coefficient (Wildman–Crippen LogP) is 0.879. The van der Waals surface area contributed by atoms with Crippen molar-refractivity contribution in [3.63, 3.8) is 0 Å². The van der Waals surface area contributed by atoms with Gasteiger partial charge in [0.15, 0.2) is 0 Å². The molecule has 5 heteroatoms. The second-order valence-corrected chi connectivity index (χ2v) is 4.49. The second-order valence-electron chi connectivity index (χ2n) is 4.49. The van der Waals surface area contributed by atoms with Crippen molar-refractivity contribution in [2.45, 2.75) is 32.6 Å². The maximum absolute atomic E-state index is 11.5. The van der Waals surface area contributed by atoms with Crippen molar-refractivity contribution in [1.29, 1.82) is 5.26 Å². The summed E-state index contributed by atoms with van der Waals surface area (Å²) in [5.41, 5.74) is 1.15. The molecule has 1 aliphatic rings. The summed E-state index contributed by atoms with van der Waals surface area (Å²) in [6, 6.07) is 1.78. The molecule has 0 heterocycles. The first-order chi connectivity index (χ1) is 8.63. The van der Waals surface area contributed by atoms with Gasteiger partial charge in [-0.15, -0.1) is 0 Å². The molecular formula is C13H19N3O2. The smallest absolute Gasteiger partial charge is 0.243 e. The standard InChI is InChI=1S/C13H19N3O2/c1-10(11-3-4-11)9-13(18)16-8-2-7-15-12(17)5-6-14/h9,11H,2-5,7-8H2,1H3,(H,15,17)(H,16,18)/b10-9+. The molecule has 0 aromatic carbocycles. The van der Waals surface area contributed by atoms with Gasteiger partial charge in [-0.05, 0) is 32.1 Å². The van der Waals surface area contributed by atoms with E-state index in [4.69, 9.17) is 5.26 Å². The third-order valence-electron chi connectivity index (χ3n) is 2.79. The maximum Gasteiger partial charge on any atom is 0.243 e. The Morgan fingerprint density at radius 1 is 1.33 bits per heavy atom. The van der Waals surface area contributed by atoms with Crippen LogP contribution in [0.4, 0.5) is 0 Å². The van der Waals surface area contributed by atoms with Crippen molar-refractivity contribution in [3.05, 3.63) is 11.6 Å². The van der Waals surface area contributed by atoms with Gasteiger partial charge < -0.3 is 10.6 Å². The summed E-state index contributed by atoms with van der Waals surface area (Å²) in [5.74, 6) is 0.275. The molecule has 5 nitrogen and oxygen atoms in total. The molecule has 1 fully saturated rings. The van der Waals surface area contributed by atoms with E-state index >= 15 is 0 Å². The van der Waals surface area contributed by atoms with Gasteiger partial charge in [0.25, 0.3) is 0 Å². The fourth-order valence-corrected chi connectivity index (χ4v) is 1.58. The predicted molar refractivity (Wildman–Crippen MR) is 67.3 cm³/mol. The Labute approximate surface area is 107 Å². The fraction of sp³-hybridized carbons (Fsp3) is 0.615. The van der Waals surface area contributed by atoms with Gasteiger partial charge in [-0.3, -0.25) is 9.59 Å². The third kappa shape index (κ3) is 6.04. The molecule has 1 aliphatic carbocycles. The van der Waals surface area contributed by atoms with Crippen LogP contribution in [0.25, 0.3) is 0 Å². The molecular weight excluding hydrogens is 230 g/mol. The molecule has 0 aromatic heterocycles. The first-order valence-corrected chi connectivity index (χ1v) is 6.23. The highest BCUT2D eigenvalue weighted by atomic mass is 16.2. The monoisotopic (exact) mass is 249 g/mol. The van der Waals surface area contributed by atoms with Crippen molar-refractivity contribution in [2.75, 3.05) is 13.1 Å². The molecule has 0 atom stereocenters. The van der Waals surface area contributed by atoms with Gasteiger partial charge in [-0.2, -0.15) is 5.26 Å². The number of nitrogens with zero attached hydrogens (tertiary/aromatic N) is 1. The average Bonchev–Trinajstić information content (AvgIpc) is 3.12. The highest BCUT2D eigenvalue weighted by Crippen LogP contribution is 2.35. The van der Waals surface area contributed by atoms with Crippen molar-refractivity contribution >= 4 is 11.8 Å². The molecule has 18 heavy (non-hydrogen) atoms. The molecule has 2 N–H and O–H groups in total. The number of amides is 2.